The van der Waals surface area contributed by atoms with E-state index >= 15 is 0 Å². The Morgan fingerprint density at radius 3 is 2.58 bits per heavy atom. The Morgan fingerprint density at radius 2 is 1.92 bits per heavy atom. The first-order chi connectivity index (χ1) is 12.2. The van der Waals surface area contributed by atoms with Crippen molar-refractivity contribution in [1.82, 2.24) is 5.32 Å². The van der Waals surface area contributed by atoms with E-state index in [4.69, 9.17) is 19.9 Å². The van der Waals surface area contributed by atoms with E-state index in [1.807, 2.05) is 26.8 Å². The molecule has 0 aliphatic carbocycles. The van der Waals surface area contributed by atoms with Crippen molar-refractivity contribution in [3.63, 3.8) is 0 Å². The van der Waals surface area contributed by atoms with Gasteiger partial charge in [-0.25, -0.2) is 4.79 Å². The van der Waals surface area contributed by atoms with E-state index in [0.29, 0.717) is 44.0 Å². The predicted molar refractivity (Wildman–Crippen MR) is 99.9 cm³/mol. The highest BCUT2D eigenvalue weighted by Gasteiger charge is 2.15. The molecule has 7 nitrogen and oxygen atoms in total. The number of carbonyl (C=O) groups is 2. The van der Waals surface area contributed by atoms with Gasteiger partial charge in [0.2, 0.25) is 0 Å². The Labute approximate surface area is 155 Å². The van der Waals surface area contributed by atoms with Crippen molar-refractivity contribution in [3.05, 3.63) is 23.8 Å². The van der Waals surface area contributed by atoms with Crippen molar-refractivity contribution in [2.75, 3.05) is 18.9 Å². The summed E-state index contributed by atoms with van der Waals surface area (Å²) in [7, 11) is 0. The molecule has 1 aromatic rings. The third-order valence-electron chi connectivity index (χ3n) is 3.25. The van der Waals surface area contributed by atoms with Crippen molar-refractivity contribution in [2.24, 2.45) is 0 Å². The molecule has 0 saturated heterocycles. The van der Waals surface area contributed by atoms with Crippen molar-refractivity contribution in [1.29, 1.82) is 0 Å². The molecule has 0 saturated carbocycles. The van der Waals surface area contributed by atoms with Crippen LogP contribution in [0, 0.1) is 0 Å². The Morgan fingerprint density at radius 1 is 1.19 bits per heavy atom. The van der Waals surface area contributed by atoms with Crippen LogP contribution in [0.2, 0.25) is 0 Å². The summed E-state index contributed by atoms with van der Waals surface area (Å²) in [6, 6.07) is 5.35. The molecule has 0 unspecified atom stereocenters. The maximum atomic E-state index is 11.7. The SMILES string of the molecule is CCOC(=O)CCCCOc1cc(CNC(=O)OC(C)(C)C)ccc1N. The van der Waals surface area contributed by atoms with Gasteiger partial charge in [0.15, 0.2) is 0 Å². The molecule has 26 heavy (non-hydrogen) atoms. The zero-order valence-electron chi connectivity index (χ0n) is 16.1. The molecular weight excluding hydrogens is 336 g/mol. The van der Waals surface area contributed by atoms with Gasteiger partial charge < -0.3 is 25.3 Å². The van der Waals surface area contributed by atoms with Crippen molar-refractivity contribution in [3.8, 4) is 5.75 Å². The molecule has 1 aromatic carbocycles. The highest BCUT2D eigenvalue weighted by molar-refractivity contribution is 5.69. The van der Waals surface area contributed by atoms with Crippen LogP contribution in [0.1, 0.15) is 52.5 Å². The monoisotopic (exact) mass is 366 g/mol. The zero-order chi connectivity index (χ0) is 19.6. The number of alkyl carbamates (subject to hydrolysis) is 1. The summed E-state index contributed by atoms with van der Waals surface area (Å²) in [5, 5.41) is 2.69. The van der Waals surface area contributed by atoms with E-state index in [1.165, 1.54) is 0 Å². The number of amides is 1. The normalized spacial score (nSPS) is 10.9. The molecule has 1 amide bonds. The minimum absolute atomic E-state index is 0.192. The number of anilines is 1. The summed E-state index contributed by atoms with van der Waals surface area (Å²) in [5.74, 6) is 0.367. The third kappa shape index (κ3) is 9.15. The molecule has 0 atom stereocenters. The smallest absolute Gasteiger partial charge is 0.407 e. The fourth-order valence-corrected chi connectivity index (χ4v) is 2.09. The van der Waals surface area contributed by atoms with Crippen LogP contribution in [0.4, 0.5) is 10.5 Å². The largest absolute Gasteiger partial charge is 0.491 e. The molecule has 0 aliphatic rings. The van der Waals surface area contributed by atoms with Gasteiger partial charge in [-0.2, -0.15) is 0 Å². The summed E-state index contributed by atoms with van der Waals surface area (Å²) in [4.78, 5) is 23.0. The number of benzene rings is 1. The lowest BCUT2D eigenvalue weighted by Gasteiger charge is -2.19. The second-order valence-corrected chi connectivity index (χ2v) is 6.84. The van der Waals surface area contributed by atoms with Gasteiger partial charge in [0.25, 0.3) is 0 Å². The van der Waals surface area contributed by atoms with Gasteiger partial charge in [-0.1, -0.05) is 6.07 Å². The summed E-state index contributed by atoms with van der Waals surface area (Å²) < 4.78 is 15.8. The van der Waals surface area contributed by atoms with Crippen LogP contribution < -0.4 is 15.8 Å². The summed E-state index contributed by atoms with van der Waals surface area (Å²) in [6.07, 6.45) is 1.32. The second-order valence-electron chi connectivity index (χ2n) is 6.84. The summed E-state index contributed by atoms with van der Waals surface area (Å²) >= 11 is 0. The molecule has 0 bridgehead atoms. The van der Waals surface area contributed by atoms with Gasteiger partial charge >= 0.3 is 12.1 Å². The molecule has 0 aliphatic heterocycles. The highest BCUT2D eigenvalue weighted by Crippen LogP contribution is 2.23. The van der Waals surface area contributed by atoms with Crippen LogP contribution in [0.3, 0.4) is 0 Å². The van der Waals surface area contributed by atoms with E-state index in [2.05, 4.69) is 5.32 Å². The first-order valence-electron chi connectivity index (χ1n) is 8.85. The zero-order valence-corrected chi connectivity index (χ0v) is 16.1. The van der Waals surface area contributed by atoms with Crippen LogP contribution in [0.25, 0.3) is 0 Å². The molecule has 3 N–H and O–H groups in total. The maximum absolute atomic E-state index is 11.7. The molecule has 0 spiro atoms. The van der Waals surface area contributed by atoms with Crippen molar-refractivity contribution >= 4 is 17.7 Å². The van der Waals surface area contributed by atoms with Gasteiger partial charge in [0, 0.05) is 13.0 Å². The molecular formula is C19H30N2O5. The number of nitrogens with two attached hydrogens (primary N) is 1. The van der Waals surface area contributed by atoms with E-state index in [1.54, 1.807) is 19.1 Å². The third-order valence-corrected chi connectivity index (χ3v) is 3.25. The van der Waals surface area contributed by atoms with Gasteiger partial charge in [0.05, 0.1) is 18.9 Å². The van der Waals surface area contributed by atoms with E-state index < -0.39 is 11.7 Å². The fourth-order valence-electron chi connectivity index (χ4n) is 2.09. The summed E-state index contributed by atoms with van der Waals surface area (Å²) in [5.41, 5.74) is 6.76. The average molecular weight is 366 g/mol. The first-order valence-corrected chi connectivity index (χ1v) is 8.85. The molecule has 0 aromatic heterocycles. The number of unbranched alkanes of at least 4 members (excludes halogenated alkanes) is 1. The Hall–Kier alpha value is -2.44. The maximum Gasteiger partial charge on any atom is 0.407 e. The topological polar surface area (TPSA) is 99.9 Å². The molecule has 0 fully saturated rings. The van der Waals surface area contributed by atoms with Crippen LogP contribution in [0.5, 0.6) is 5.75 Å². The first kappa shape index (κ1) is 21.6. The Balaban J connectivity index is 2.41. The second kappa shape index (κ2) is 10.5. The average Bonchev–Trinajstić information content (AvgIpc) is 2.53. The number of carbonyl (C=O) groups excluding carboxylic acids is 2. The van der Waals surface area contributed by atoms with E-state index in [9.17, 15) is 9.59 Å². The van der Waals surface area contributed by atoms with Crippen molar-refractivity contribution < 1.29 is 23.8 Å². The number of rotatable bonds is 9. The molecule has 0 heterocycles. The molecule has 7 heteroatoms. The van der Waals surface area contributed by atoms with Gasteiger partial charge in [-0.15, -0.1) is 0 Å². The van der Waals surface area contributed by atoms with E-state index in [-0.39, 0.29) is 5.97 Å². The number of ether oxygens (including phenoxy) is 3. The standard InChI is InChI=1S/C19H30N2O5/c1-5-24-17(22)8-6-7-11-25-16-12-14(9-10-15(16)20)13-21-18(23)26-19(2,3)4/h9-10,12H,5-8,11,13,20H2,1-4H3,(H,21,23). The lowest BCUT2D eigenvalue weighted by Crippen LogP contribution is -2.32. The Kier molecular flexibility index (Phi) is 8.75. The Bertz CT molecular complexity index is 596. The number of nitrogens with one attached hydrogen (secondary N) is 1. The van der Waals surface area contributed by atoms with Gasteiger partial charge in [-0.05, 0) is 58.2 Å². The van der Waals surface area contributed by atoms with Crippen LogP contribution in [-0.4, -0.2) is 30.9 Å². The fraction of sp³-hybridized carbons (Fsp3) is 0.579. The lowest BCUT2D eigenvalue weighted by atomic mass is 10.2. The minimum Gasteiger partial charge on any atom is -0.491 e. The van der Waals surface area contributed by atoms with E-state index in [0.717, 1.165) is 12.0 Å². The van der Waals surface area contributed by atoms with Gasteiger partial charge in [-0.3, -0.25) is 4.79 Å². The number of esters is 1. The summed E-state index contributed by atoms with van der Waals surface area (Å²) in [6.45, 7) is 8.38. The molecule has 0 radical (unpaired) electrons. The number of hydrogen-bond acceptors (Lipinski definition) is 6. The highest BCUT2D eigenvalue weighted by atomic mass is 16.6. The number of hydrogen-bond donors (Lipinski definition) is 2. The van der Waals surface area contributed by atoms with Crippen LogP contribution >= 0.6 is 0 Å². The minimum atomic E-state index is -0.539. The quantitative estimate of drug-likeness (QED) is 0.395. The molecule has 146 valence electrons. The van der Waals surface area contributed by atoms with Crippen molar-refractivity contribution in [2.45, 2.75) is 59.1 Å². The van der Waals surface area contributed by atoms with Gasteiger partial charge in [0.1, 0.15) is 11.4 Å². The number of nitrogen functional groups attached to an aromatic ring is 1. The predicted octanol–water partition coefficient (Wildman–Crippen LogP) is 3.41. The molecule has 1 rings (SSSR count). The van der Waals surface area contributed by atoms with Crippen LogP contribution in [-0.2, 0) is 20.8 Å². The lowest BCUT2D eigenvalue weighted by molar-refractivity contribution is -0.143. The van der Waals surface area contributed by atoms with Crippen LogP contribution in [0.15, 0.2) is 18.2 Å².